The van der Waals surface area contributed by atoms with E-state index in [4.69, 9.17) is 10.5 Å². The van der Waals surface area contributed by atoms with E-state index in [-0.39, 0.29) is 22.3 Å². The first-order chi connectivity index (χ1) is 9.49. The van der Waals surface area contributed by atoms with Gasteiger partial charge in [0.25, 0.3) is 0 Å². The summed E-state index contributed by atoms with van der Waals surface area (Å²) in [4.78, 5) is 11.7. The SMILES string of the molecule is Nc1ccc(C(=O)OCc2cccc(F)c2Br)cc1F. The molecule has 0 radical (unpaired) electrons. The van der Waals surface area contributed by atoms with Crippen molar-refractivity contribution in [3.05, 3.63) is 63.6 Å². The molecule has 0 aliphatic carbocycles. The summed E-state index contributed by atoms with van der Waals surface area (Å²) in [6, 6.07) is 8.05. The number of nitrogen functional groups attached to an aromatic ring is 1. The van der Waals surface area contributed by atoms with Gasteiger partial charge in [-0.15, -0.1) is 0 Å². The van der Waals surface area contributed by atoms with Gasteiger partial charge >= 0.3 is 5.97 Å². The first-order valence-electron chi connectivity index (χ1n) is 5.64. The summed E-state index contributed by atoms with van der Waals surface area (Å²) in [5, 5.41) is 0. The summed E-state index contributed by atoms with van der Waals surface area (Å²) in [5.41, 5.74) is 5.79. The maximum atomic E-state index is 13.3. The predicted molar refractivity (Wildman–Crippen MR) is 74.0 cm³/mol. The first kappa shape index (κ1) is 14.5. The van der Waals surface area contributed by atoms with Gasteiger partial charge in [-0.25, -0.2) is 13.6 Å². The quantitative estimate of drug-likeness (QED) is 0.684. The Bertz CT molecular complexity index is 662. The third kappa shape index (κ3) is 3.14. The number of hydrogen-bond acceptors (Lipinski definition) is 3. The molecule has 0 aromatic heterocycles. The molecule has 0 fully saturated rings. The van der Waals surface area contributed by atoms with E-state index in [1.807, 2.05) is 0 Å². The van der Waals surface area contributed by atoms with Crippen LogP contribution in [0.25, 0.3) is 0 Å². The van der Waals surface area contributed by atoms with E-state index in [1.165, 1.54) is 24.3 Å². The van der Waals surface area contributed by atoms with Crippen molar-refractivity contribution in [2.45, 2.75) is 6.61 Å². The zero-order chi connectivity index (χ0) is 14.7. The highest BCUT2D eigenvalue weighted by Gasteiger charge is 2.12. The van der Waals surface area contributed by atoms with Crippen molar-refractivity contribution in [3.8, 4) is 0 Å². The van der Waals surface area contributed by atoms with E-state index in [1.54, 1.807) is 6.07 Å². The summed E-state index contributed by atoms with van der Waals surface area (Å²) in [7, 11) is 0. The van der Waals surface area contributed by atoms with Crippen LogP contribution in [-0.2, 0) is 11.3 Å². The molecule has 2 aromatic rings. The van der Waals surface area contributed by atoms with Gasteiger partial charge in [-0.3, -0.25) is 0 Å². The molecule has 0 atom stereocenters. The lowest BCUT2D eigenvalue weighted by Crippen LogP contribution is -2.07. The minimum atomic E-state index is -0.708. The Balaban J connectivity index is 2.08. The number of nitrogens with two attached hydrogens (primary N) is 1. The molecule has 0 aliphatic heterocycles. The van der Waals surface area contributed by atoms with Crippen LogP contribution < -0.4 is 5.73 Å². The Morgan fingerprint density at radius 2 is 1.95 bits per heavy atom. The molecule has 0 saturated heterocycles. The van der Waals surface area contributed by atoms with E-state index in [9.17, 15) is 13.6 Å². The zero-order valence-corrected chi connectivity index (χ0v) is 11.8. The highest BCUT2D eigenvalue weighted by Crippen LogP contribution is 2.21. The summed E-state index contributed by atoms with van der Waals surface area (Å²) in [6.07, 6.45) is 0. The minimum absolute atomic E-state index is 0.0456. The number of esters is 1. The van der Waals surface area contributed by atoms with Gasteiger partial charge in [-0.05, 0) is 40.2 Å². The molecule has 20 heavy (non-hydrogen) atoms. The Morgan fingerprint density at radius 1 is 1.20 bits per heavy atom. The van der Waals surface area contributed by atoms with Gasteiger partial charge in [-0.2, -0.15) is 0 Å². The van der Waals surface area contributed by atoms with E-state index in [0.717, 1.165) is 6.07 Å². The monoisotopic (exact) mass is 341 g/mol. The summed E-state index contributed by atoms with van der Waals surface area (Å²) < 4.78 is 31.7. The van der Waals surface area contributed by atoms with Crippen LogP contribution in [0.3, 0.4) is 0 Å². The highest BCUT2D eigenvalue weighted by molar-refractivity contribution is 9.10. The van der Waals surface area contributed by atoms with Gasteiger partial charge in [0.05, 0.1) is 15.7 Å². The summed E-state index contributed by atoms with van der Waals surface area (Å²) in [5.74, 6) is -1.84. The molecule has 0 saturated carbocycles. The molecule has 6 heteroatoms. The second kappa shape index (κ2) is 6.00. The van der Waals surface area contributed by atoms with Crippen LogP contribution in [0.15, 0.2) is 40.9 Å². The normalized spacial score (nSPS) is 10.3. The van der Waals surface area contributed by atoms with Crippen molar-refractivity contribution in [3.63, 3.8) is 0 Å². The molecule has 0 spiro atoms. The van der Waals surface area contributed by atoms with Crippen molar-refractivity contribution in [2.75, 3.05) is 5.73 Å². The molecule has 0 bridgehead atoms. The molecule has 0 amide bonds. The largest absolute Gasteiger partial charge is 0.457 e. The van der Waals surface area contributed by atoms with E-state index in [2.05, 4.69) is 15.9 Å². The molecule has 3 nitrogen and oxygen atoms in total. The molecule has 0 aliphatic rings. The van der Waals surface area contributed by atoms with E-state index < -0.39 is 17.6 Å². The van der Waals surface area contributed by atoms with Crippen molar-refractivity contribution in [1.29, 1.82) is 0 Å². The topological polar surface area (TPSA) is 52.3 Å². The minimum Gasteiger partial charge on any atom is -0.457 e. The van der Waals surface area contributed by atoms with Crippen LogP contribution in [0.2, 0.25) is 0 Å². The maximum Gasteiger partial charge on any atom is 0.338 e. The second-order valence-corrected chi connectivity index (χ2v) is 4.82. The number of carbonyl (C=O) groups is 1. The zero-order valence-electron chi connectivity index (χ0n) is 10.2. The van der Waals surface area contributed by atoms with Crippen LogP contribution >= 0.6 is 15.9 Å². The van der Waals surface area contributed by atoms with Gasteiger partial charge in [0, 0.05) is 5.56 Å². The van der Waals surface area contributed by atoms with Gasteiger partial charge in [-0.1, -0.05) is 12.1 Å². The Morgan fingerprint density at radius 3 is 2.65 bits per heavy atom. The second-order valence-electron chi connectivity index (χ2n) is 4.03. The molecule has 2 N–H and O–H groups in total. The third-order valence-electron chi connectivity index (χ3n) is 2.63. The molecular formula is C14H10BrF2NO2. The van der Waals surface area contributed by atoms with Gasteiger partial charge in [0.1, 0.15) is 18.2 Å². The average molecular weight is 342 g/mol. The van der Waals surface area contributed by atoms with Crippen LogP contribution in [-0.4, -0.2) is 5.97 Å². The number of halogens is 3. The summed E-state index contributed by atoms with van der Waals surface area (Å²) >= 11 is 3.06. The lowest BCUT2D eigenvalue weighted by Gasteiger charge is -2.07. The maximum absolute atomic E-state index is 13.3. The molecular weight excluding hydrogens is 332 g/mol. The summed E-state index contributed by atoms with van der Waals surface area (Å²) in [6.45, 7) is -0.122. The molecule has 2 rings (SSSR count). The van der Waals surface area contributed by atoms with Crippen LogP contribution in [0.5, 0.6) is 0 Å². The van der Waals surface area contributed by atoms with Gasteiger partial charge in [0.15, 0.2) is 0 Å². The molecule has 0 heterocycles. The first-order valence-corrected chi connectivity index (χ1v) is 6.43. The molecule has 0 unspecified atom stereocenters. The smallest absolute Gasteiger partial charge is 0.338 e. The van der Waals surface area contributed by atoms with Gasteiger partial charge < -0.3 is 10.5 Å². The number of ether oxygens (including phenoxy) is 1. The number of rotatable bonds is 3. The highest BCUT2D eigenvalue weighted by atomic mass is 79.9. The van der Waals surface area contributed by atoms with Gasteiger partial charge in [0.2, 0.25) is 0 Å². The Kier molecular flexibility index (Phi) is 4.34. The standard InChI is InChI=1S/C14H10BrF2NO2/c15-13-9(2-1-3-10(13)16)7-20-14(19)8-4-5-12(18)11(17)6-8/h1-6H,7,18H2. The van der Waals surface area contributed by atoms with Crippen LogP contribution in [0, 0.1) is 11.6 Å². The van der Waals surface area contributed by atoms with Crippen LogP contribution in [0.1, 0.15) is 15.9 Å². The number of benzene rings is 2. The number of hydrogen-bond donors (Lipinski definition) is 1. The van der Waals surface area contributed by atoms with Crippen molar-refractivity contribution < 1.29 is 18.3 Å². The molecule has 2 aromatic carbocycles. The predicted octanol–water partition coefficient (Wildman–Crippen LogP) is 3.67. The Labute approximate surface area is 122 Å². The van der Waals surface area contributed by atoms with E-state index in [0.29, 0.717) is 5.56 Å². The lowest BCUT2D eigenvalue weighted by atomic mass is 10.2. The lowest BCUT2D eigenvalue weighted by molar-refractivity contribution is 0.0471. The average Bonchev–Trinajstić information content (AvgIpc) is 2.43. The number of anilines is 1. The Hall–Kier alpha value is -1.95. The fourth-order valence-corrected chi connectivity index (χ4v) is 1.92. The fourth-order valence-electron chi connectivity index (χ4n) is 1.54. The molecule has 104 valence electrons. The fraction of sp³-hybridized carbons (Fsp3) is 0.0714. The van der Waals surface area contributed by atoms with Crippen molar-refractivity contribution in [1.82, 2.24) is 0 Å². The van der Waals surface area contributed by atoms with Crippen molar-refractivity contribution >= 4 is 27.6 Å². The van der Waals surface area contributed by atoms with E-state index >= 15 is 0 Å². The third-order valence-corrected chi connectivity index (χ3v) is 3.51. The number of carbonyl (C=O) groups excluding carboxylic acids is 1. The van der Waals surface area contributed by atoms with Crippen LogP contribution in [0.4, 0.5) is 14.5 Å². The van der Waals surface area contributed by atoms with Crippen molar-refractivity contribution in [2.24, 2.45) is 0 Å².